The van der Waals surface area contributed by atoms with E-state index in [1.54, 1.807) is 0 Å². The molecule has 0 radical (unpaired) electrons. The predicted octanol–water partition coefficient (Wildman–Crippen LogP) is 3.79. The summed E-state index contributed by atoms with van der Waals surface area (Å²) in [7, 11) is 0. The molecule has 1 nitrogen and oxygen atoms in total. The fourth-order valence-corrected chi connectivity index (χ4v) is 2.84. The molecule has 2 rings (SSSR count). The van der Waals surface area contributed by atoms with Crippen LogP contribution in [0.3, 0.4) is 0 Å². The van der Waals surface area contributed by atoms with Crippen molar-refractivity contribution in [3.8, 4) is 0 Å². The summed E-state index contributed by atoms with van der Waals surface area (Å²) in [4.78, 5) is 0. The Labute approximate surface area is 105 Å². The maximum absolute atomic E-state index is 9.71. The largest absolute Gasteiger partial charge is 0.393 e. The third-order valence-corrected chi connectivity index (χ3v) is 4.16. The van der Waals surface area contributed by atoms with Crippen molar-refractivity contribution in [3.05, 3.63) is 35.4 Å². The molecule has 0 heterocycles. The predicted molar refractivity (Wildman–Crippen MR) is 72.4 cm³/mol. The van der Waals surface area contributed by atoms with Gasteiger partial charge in [-0.3, -0.25) is 0 Å². The first kappa shape index (κ1) is 12.6. The van der Waals surface area contributed by atoms with Gasteiger partial charge in [-0.2, -0.15) is 0 Å². The molecule has 1 aliphatic carbocycles. The molecule has 0 bridgehead atoms. The highest BCUT2D eigenvalue weighted by Gasteiger charge is 2.35. The highest BCUT2D eigenvalue weighted by atomic mass is 16.3. The zero-order valence-electron chi connectivity index (χ0n) is 11.5. The Balaban J connectivity index is 2.24. The quantitative estimate of drug-likeness (QED) is 0.781. The second-order valence-corrected chi connectivity index (χ2v) is 6.78. The SMILES string of the molecule is CC(C)(C)c1ccc(C2(C)CCC(O)C2)cc1. The minimum atomic E-state index is -0.109. The zero-order valence-corrected chi connectivity index (χ0v) is 11.5. The van der Waals surface area contributed by atoms with Gasteiger partial charge in [0.15, 0.2) is 0 Å². The van der Waals surface area contributed by atoms with Gasteiger partial charge in [0.2, 0.25) is 0 Å². The van der Waals surface area contributed by atoms with Gasteiger partial charge in [0.05, 0.1) is 6.10 Å². The summed E-state index contributed by atoms with van der Waals surface area (Å²) in [5.41, 5.74) is 3.15. The van der Waals surface area contributed by atoms with Crippen LogP contribution in [0.5, 0.6) is 0 Å². The lowest BCUT2D eigenvalue weighted by atomic mass is 9.79. The lowest BCUT2D eigenvalue weighted by molar-refractivity contribution is 0.175. The average molecular weight is 232 g/mol. The molecular formula is C16H24O. The van der Waals surface area contributed by atoms with Crippen LogP contribution in [-0.2, 0) is 10.8 Å². The summed E-state index contributed by atoms with van der Waals surface area (Å²) in [5, 5.41) is 9.71. The molecule has 1 saturated carbocycles. The first-order valence-corrected chi connectivity index (χ1v) is 6.60. The van der Waals surface area contributed by atoms with Crippen molar-refractivity contribution in [1.82, 2.24) is 0 Å². The molecule has 0 spiro atoms. The van der Waals surface area contributed by atoms with E-state index in [4.69, 9.17) is 0 Å². The molecule has 2 unspecified atom stereocenters. The van der Waals surface area contributed by atoms with E-state index in [0.717, 1.165) is 19.3 Å². The fourth-order valence-electron chi connectivity index (χ4n) is 2.84. The topological polar surface area (TPSA) is 20.2 Å². The number of hydrogen-bond donors (Lipinski definition) is 1. The average Bonchev–Trinajstić information content (AvgIpc) is 2.59. The summed E-state index contributed by atoms with van der Waals surface area (Å²) in [6, 6.07) is 8.98. The molecule has 1 heteroatoms. The molecule has 0 aliphatic heterocycles. The molecule has 1 aliphatic rings. The minimum Gasteiger partial charge on any atom is -0.393 e. The van der Waals surface area contributed by atoms with Gasteiger partial charge in [-0.1, -0.05) is 52.0 Å². The second kappa shape index (κ2) is 4.13. The number of benzene rings is 1. The van der Waals surface area contributed by atoms with Gasteiger partial charge >= 0.3 is 0 Å². The lowest BCUT2D eigenvalue weighted by Crippen LogP contribution is -2.19. The van der Waals surface area contributed by atoms with Crippen LogP contribution in [0.4, 0.5) is 0 Å². The van der Waals surface area contributed by atoms with Gasteiger partial charge in [-0.05, 0) is 41.2 Å². The Kier molecular flexibility index (Phi) is 3.07. The molecule has 0 saturated heterocycles. The third kappa shape index (κ3) is 2.55. The van der Waals surface area contributed by atoms with Crippen molar-refractivity contribution in [2.45, 2.75) is 63.9 Å². The van der Waals surface area contributed by atoms with Crippen LogP contribution in [0, 0.1) is 0 Å². The van der Waals surface area contributed by atoms with Crippen molar-refractivity contribution < 1.29 is 5.11 Å². The van der Waals surface area contributed by atoms with Gasteiger partial charge < -0.3 is 5.11 Å². The zero-order chi connectivity index (χ0) is 12.7. The lowest BCUT2D eigenvalue weighted by Gasteiger charge is -2.26. The standard InChI is InChI=1S/C16H24O/c1-15(2,3)12-5-7-13(8-6-12)16(4)10-9-14(17)11-16/h5-8,14,17H,9-11H2,1-4H3. The van der Waals surface area contributed by atoms with Crippen molar-refractivity contribution in [2.75, 3.05) is 0 Å². The molecule has 1 N–H and O–H groups in total. The minimum absolute atomic E-state index is 0.109. The van der Waals surface area contributed by atoms with E-state index in [0.29, 0.717) is 0 Å². The Morgan fingerprint density at radius 1 is 1.18 bits per heavy atom. The van der Waals surface area contributed by atoms with E-state index in [-0.39, 0.29) is 16.9 Å². The maximum atomic E-state index is 9.71. The highest BCUT2D eigenvalue weighted by Crippen LogP contribution is 2.41. The summed E-state index contributed by atoms with van der Waals surface area (Å²) < 4.78 is 0. The van der Waals surface area contributed by atoms with E-state index in [1.165, 1.54) is 11.1 Å². The van der Waals surface area contributed by atoms with Gasteiger partial charge in [0.1, 0.15) is 0 Å². The molecule has 1 fully saturated rings. The van der Waals surface area contributed by atoms with Crippen LogP contribution >= 0.6 is 0 Å². The molecule has 1 aromatic carbocycles. The Hall–Kier alpha value is -0.820. The Morgan fingerprint density at radius 3 is 2.18 bits per heavy atom. The van der Waals surface area contributed by atoms with Crippen LogP contribution in [0.2, 0.25) is 0 Å². The molecule has 0 amide bonds. The number of aliphatic hydroxyl groups is 1. The third-order valence-electron chi connectivity index (χ3n) is 4.16. The van der Waals surface area contributed by atoms with Crippen molar-refractivity contribution in [1.29, 1.82) is 0 Å². The van der Waals surface area contributed by atoms with E-state index < -0.39 is 0 Å². The van der Waals surface area contributed by atoms with Crippen molar-refractivity contribution in [2.24, 2.45) is 0 Å². The second-order valence-electron chi connectivity index (χ2n) is 6.78. The first-order valence-electron chi connectivity index (χ1n) is 6.60. The van der Waals surface area contributed by atoms with Gasteiger partial charge in [-0.15, -0.1) is 0 Å². The fraction of sp³-hybridized carbons (Fsp3) is 0.625. The van der Waals surface area contributed by atoms with E-state index >= 15 is 0 Å². The number of hydrogen-bond acceptors (Lipinski definition) is 1. The smallest absolute Gasteiger partial charge is 0.0549 e. The maximum Gasteiger partial charge on any atom is 0.0549 e. The van der Waals surface area contributed by atoms with Gasteiger partial charge in [0.25, 0.3) is 0 Å². The van der Waals surface area contributed by atoms with Gasteiger partial charge in [-0.25, -0.2) is 0 Å². The molecule has 17 heavy (non-hydrogen) atoms. The van der Waals surface area contributed by atoms with Crippen molar-refractivity contribution >= 4 is 0 Å². The molecular weight excluding hydrogens is 208 g/mol. The molecule has 94 valence electrons. The van der Waals surface area contributed by atoms with E-state index in [1.807, 2.05) is 0 Å². The van der Waals surface area contributed by atoms with E-state index in [2.05, 4.69) is 52.0 Å². The summed E-state index contributed by atoms with van der Waals surface area (Å²) in [6.07, 6.45) is 2.84. The van der Waals surface area contributed by atoms with Crippen LogP contribution < -0.4 is 0 Å². The number of aliphatic hydroxyl groups excluding tert-OH is 1. The molecule has 2 atom stereocenters. The first-order chi connectivity index (χ1) is 7.81. The van der Waals surface area contributed by atoms with Crippen LogP contribution in [0.15, 0.2) is 24.3 Å². The van der Waals surface area contributed by atoms with Crippen LogP contribution in [-0.4, -0.2) is 11.2 Å². The van der Waals surface area contributed by atoms with Crippen LogP contribution in [0.1, 0.15) is 58.1 Å². The summed E-state index contributed by atoms with van der Waals surface area (Å²) in [5.74, 6) is 0. The molecule has 0 aromatic heterocycles. The van der Waals surface area contributed by atoms with E-state index in [9.17, 15) is 5.11 Å². The Morgan fingerprint density at radius 2 is 1.76 bits per heavy atom. The highest BCUT2D eigenvalue weighted by molar-refractivity contribution is 5.32. The van der Waals surface area contributed by atoms with Gasteiger partial charge in [0, 0.05) is 0 Å². The summed E-state index contributed by atoms with van der Waals surface area (Å²) >= 11 is 0. The van der Waals surface area contributed by atoms with Crippen LogP contribution in [0.25, 0.3) is 0 Å². The normalized spacial score (nSPS) is 29.6. The summed E-state index contributed by atoms with van der Waals surface area (Å²) in [6.45, 7) is 8.99. The number of rotatable bonds is 1. The monoisotopic (exact) mass is 232 g/mol. The van der Waals surface area contributed by atoms with Crippen molar-refractivity contribution in [3.63, 3.8) is 0 Å². The molecule has 1 aromatic rings. The Bertz CT molecular complexity index is 385.